The summed E-state index contributed by atoms with van der Waals surface area (Å²) in [5.41, 5.74) is -0.354. The molecule has 4 amide bonds. The molecule has 0 fully saturated rings. The molecule has 12 nitrogen and oxygen atoms in total. The summed E-state index contributed by atoms with van der Waals surface area (Å²) in [5.74, 6) is -0.779. The Kier molecular flexibility index (Phi) is 12.0. The number of carbonyl (C=O) groups excluding carboxylic acids is 4. The van der Waals surface area contributed by atoms with Gasteiger partial charge in [-0.05, 0) is 100 Å². The molecule has 0 aliphatic heterocycles. The molecule has 0 aromatic heterocycles. The lowest BCUT2D eigenvalue weighted by Crippen LogP contribution is -2.39. The Bertz CT molecular complexity index is 1570. The maximum absolute atomic E-state index is 12.9. The number of rotatable bonds is 12. The smallest absolute Gasteiger partial charge is 0.378 e. The summed E-state index contributed by atoms with van der Waals surface area (Å²) in [7, 11) is 9.90. The van der Waals surface area contributed by atoms with E-state index in [1.165, 1.54) is 33.8 Å². The highest BCUT2D eigenvalue weighted by Gasteiger charge is 2.31. The Morgan fingerprint density at radius 1 is 0.674 bits per heavy atom. The van der Waals surface area contributed by atoms with Gasteiger partial charge in [-0.25, -0.2) is 19.2 Å². The Labute approximate surface area is 274 Å². The van der Waals surface area contributed by atoms with Gasteiger partial charge in [-0.15, -0.1) is 0 Å². The normalized spacial score (nSPS) is 11.1. The van der Waals surface area contributed by atoms with Crippen molar-refractivity contribution in [2.75, 3.05) is 21.3 Å². The predicted molar refractivity (Wildman–Crippen MR) is 177 cm³/mol. The minimum Gasteiger partial charge on any atom is -0.540 e. The number of hydrogen-bond donors (Lipinski definition) is 4. The quantitative estimate of drug-likeness (QED) is 0.171. The molecule has 0 spiro atoms. The SMILES string of the molecule is [B]OC(=O)C(C)(C)Oc1ccc(NC(=O)Nc2cc(CCC)c(Cl)c(NC(=O)Nc3ccc(OC(C)(C)C(=O)O[B])cc3)c2)cc1. The van der Waals surface area contributed by atoms with Gasteiger partial charge in [0.2, 0.25) is 0 Å². The summed E-state index contributed by atoms with van der Waals surface area (Å²) in [6, 6.07) is 14.7. The highest BCUT2D eigenvalue weighted by Crippen LogP contribution is 2.32. The summed E-state index contributed by atoms with van der Waals surface area (Å²) >= 11 is 6.60. The molecule has 0 aliphatic carbocycles. The van der Waals surface area contributed by atoms with Crippen LogP contribution in [-0.2, 0) is 25.3 Å². The molecule has 0 saturated carbocycles. The van der Waals surface area contributed by atoms with E-state index in [2.05, 4.69) is 30.6 Å². The Morgan fingerprint density at radius 2 is 1.09 bits per heavy atom. The van der Waals surface area contributed by atoms with Crippen LogP contribution in [0, 0.1) is 0 Å². The molecule has 238 valence electrons. The number of aryl methyl sites for hydroxylation is 1. The maximum Gasteiger partial charge on any atom is 0.378 e. The van der Waals surface area contributed by atoms with Crippen molar-refractivity contribution in [3.8, 4) is 11.5 Å². The van der Waals surface area contributed by atoms with Crippen molar-refractivity contribution in [3.05, 3.63) is 71.2 Å². The first-order chi connectivity index (χ1) is 21.7. The molecular weight excluding hydrogens is 613 g/mol. The van der Waals surface area contributed by atoms with Crippen LogP contribution in [0.5, 0.6) is 11.5 Å². The minimum atomic E-state index is -1.32. The lowest BCUT2D eigenvalue weighted by atomic mass is 10.1. The van der Waals surface area contributed by atoms with Gasteiger partial charge in [0.15, 0.2) is 11.2 Å². The zero-order valence-electron chi connectivity index (χ0n) is 26.0. The zero-order chi connectivity index (χ0) is 34.1. The summed E-state index contributed by atoms with van der Waals surface area (Å²) < 4.78 is 19.7. The van der Waals surface area contributed by atoms with Crippen LogP contribution in [0.4, 0.5) is 32.3 Å². The van der Waals surface area contributed by atoms with Gasteiger partial charge >= 0.3 is 40.1 Å². The molecule has 0 atom stereocenters. The second-order valence-corrected chi connectivity index (χ2v) is 11.4. The minimum absolute atomic E-state index is 0.280. The summed E-state index contributed by atoms with van der Waals surface area (Å²) in [6.45, 7) is 8.00. The largest absolute Gasteiger partial charge is 0.540 e. The number of urea groups is 2. The first kappa shape index (κ1) is 35.6. The standard InChI is InChI=1S/C31H33B2ClN4O8/c1-6-7-18-16-21(37-28(41)35-19-8-12-22(13-9-19)43-30(2,3)26(39)45-32)17-24(25(18)34)38-29(42)36-20-10-14-23(15-11-20)44-31(4,5)27(40)46-33/h8-17H,6-7H2,1-5H3,(H2,35,37,41)(H2,36,38,42). The predicted octanol–water partition coefficient (Wildman–Crippen LogP) is 6.15. The molecular formula is C31H33B2ClN4O8. The van der Waals surface area contributed by atoms with E-state index in [4.69, 9.17) is 37.2 Å². The van der Waals surface area contributed by atoms with Crippen molar-refractivity contribution in [1.29, 1.82) is 0 Å². The van der Waals surface area contributed by atoms with E-state index in [1.807, 2.05) is 6.92 Å². The molecule has 0 unspecified atom stereocenters. The van der Waals surface area contributed by atoms with E-state index in [1.54, 1.807) is 54.6 Å². The second-order valence-electron chi connectivity index (χ2n) is 11.0. The van der Waals surface area contributed by atoms with Crippen molar-refractivity contribution in [1.82, 2.24) is 0 Å². The van der Waals surface area contributed by atoms with E-state index in [0.717, 1.165) is 12.0 Å². The fraction of sp³-hybridized carbons (Fsp3) is 0.290. The average Bonchev–Trinajstić information content (AvgIpc) is 3.00. The molecule has 4 N–H and O–H groups in total. The molecule has 3 rings (SSSR count). The number of ether oxygens (including phenoxy) is 2. The molecule has 4 radical (unpaired) electrons. The highest BCUT2D eigenvalue weighted by molar-refractivity contribution is 6.34. The third-order valence-electron chi connectivity index (χ3n) is 6.34. The first-order valence-corrected chi connectivity index (χ1v) is 14.4. The monoisotopic (exact) mass is 646 g/mol. The van der Waals surface area contributed by atoms with Crippen LogP contribution in [0.1, 0.15) is 46.6 Å². The lowest BCUT2D eigenvalue weighted by Gasteiger charge is -2.23. The summed E-state index contributed by atoms with van der Waals surface area (Å²) in [4.78, 5) is 49.2. The van der Waals surface area contributed by atoms with Crippen LogP contribution in [0.3, 0.4) is 0 Å². The Hall–Kier alpha value is -4.84. The zero-order valence-corrected chi connectivity index (χ0v) is 26.7. The molecule has 0 aliphatic rings. The molecule has 46 heavy (non-hydrogen) atoms. The van der Waals surface area contributed by atoms with E-state index >= 15 is 0 Å². The fourth-order valence-electron chi connectivity index (χ4n) is 4.05. The van der Waals surface area contributed by atoms with Crippen LogP contribution in [0.25, 0.3) is 0 Å². The third kappa shape index (κ3) is 9.83. The van der Waals surface area contributed by atoms with Gasteiger partial charge in [0.25, 0.3) is 0 Å². The van der Waals surface area contributed by atoms with Crippen LogP contribution in [-0.4, -0.2) is 51.3 Å². The number of amides is 4. The Morgan fingerprint density at radius 3 is 1.50 bits per heavy atom. The number of benzene rings is 3. The average molecular weight is 647 g/mol. The number of nitrogens with one attached hydrogen (secondary N) is 4. The van der Waals surface area contributed by atoms with Crippen molar-refractivity contribution in [2.45, 2.75) is 58.7 Å². The molecule has 0 heterocycles. The van der Waals surface area contributed by atoms with Gasteiger partial charge in [0, 0.05) is 17.1 Å². The van der Waals surface area contributed by atoms with Gasteiger partial charge in [-0.1, -0.05) is 24.9 Å². The number of hydrogen-bond acceptors (Lipinski definition) is 8. The van der Waals surface area contributed by atoms with Crippen LogP contribution >= 0.6 is 11.6 Å². The van der Waals surface area contributed by atoms with Gasteiger partial charge in [0.05, 0.1) is 10.7 Å². The number of carbonyl (C=O) groups is 4. The van der Waals surface area contributed by atoms with Gasteiger partial charge < -0.3 is 40.0 Å². The topological polar surface area (TPSA) is 153 Å². The molecule has 3 aromatic carbocycles. The lowest BCUT2D eigenvalue weighted by molar-refractivity contribution is -0.149. The van der Waals surface area contributed by atoms with Crippen molar-refractivity contribution in [3.63, 3.8) is 0 Å². The maximum atomic E-state index is 12.9. The molecule has 3 aromatic rings. The van der Waals surface area contributed by atoms with E-state index in [0.29, 0.717) is 40.0 Å². The van der Waals surface area contributed by atoms with Gasteiger partial charge in [-0.3, -0.25) is 0 Å². The summed E-state index contributed by atoms with van der Waals surface area (Å²) in [5, 5.41) is 11.2. The van der Waals surface area contributed by atoms with Crippen LogP contribution in [0.2, 0.25) is 5.02 Å². The highest BCUT2D eigenvalue weighted by atomic mass is 35.5. The van der Waals surface area contributed by atoms with Crippen molar-refractivity contribution < 1.29 is 38.0 Å². The number of anilines is 4. The van der Waals surface area contributed by atoms with E-state index in [-0.39, 0.29) is 5.69 Å². The van der Waals surface area contributed by atoms with Gasteiger partial charge in [0.1, 0.15) is 11.5 Å². The first-order valence-electron chi connectivity index (χ1n) is 14.1. The molecule has 0 saturated heterocycles. The summed E-state index contributed by atoms with van der Waals surface area (Å²) in [6.07, 6.45) is 1.36. The van der Waals surface area contributed by atoms with Crippen LogP contribution < -0.4 is 30.7 Å². The molecule has 0 bridgehead atoms. The fourth-order valence-corrected chi connectivity index (χ4v) is 4.30. The Balaban J connectivity index is 1.66. The van der Waals surface area contributed by atoms with Crippen LogP contribution in [0.15, 0.2) is 60.7 Å². The van der Waals surface area contributed by atoms with Crippen molar-refractivity contribution >= 4 is 74.4 Å². The third-order valence-corrected chi connectivity index (χ3v) is 6.79. The van der Waals surface area contributed by atoms with E-state index in [9.17, 15) is 19.2 Å². The van der Waals surface area contributed by atoms with Gasteiger partial charge in [-0.2, -0.15) is 0 Å². The second kappa shape index (κ2) is 15.4. The van der Waals surface area contributed by atoms with Crippen molar-refractivity contribution in [2.24, 2.45) is 0 Å². The molecule has 15 heteroatoms. The van der Waals surface area contributed by atoms with E-state index < -0.39 is 35.2 Å². The number of halogens is 1.